The van der Waals surface area contributed by atoms with Crippen molar-refractivity contribution in [1.82, 2.24) is 14.7 Å². The number of aromatic amines is 1. The molecule has 17 heavy (non-hydrogen) atoms. The zero-order valence-electron chi connectivity index (χ0n) is 9.40. The molecule has 2 heterocycles. The molecule has 3 rings (SSSR count). The molecule has 88 valence electrons. The summed E-state index contributed by atoms with van der Waals surface area (Å²) in [5, 5.41) is 2.69. The van der Waals surface area contributed by atoms with Crippen molar-refractivity contribution in [3.8, 4) is 5.69 Å². The molecule has 2 aromatic rings. The molecule has 1 aromatic carbocycles. The highest BCUT2D eigenvalue weighted by molar-refractivity contribution is 5.37. The van der Waals surface area contributed by atoms with Crippen LogP contribution in [0.2, 0.25) is 0 Å². The number of halogens is 1. The molecule has 0 aliphatic carbocycles. The van der Waals surface area contributed by atoms with Crippen molar-refractivity contribution in [2.45, 2.75) is 13.1 Å². The molecule has 0 unspecified atom stereocenters. The number of nitrogens with zero attached hydrogens (tertiary/aromatic N) is 2. The number of rotatable bonds is 1. The Morgan fingerprint density at radius 2 is 2.06 bits per heavy atom. The minimum Gasteiger partial charge on any atom is -0.296 e. The number of para-hydroxylation sites is 1. The molecule has 5 heteroatoms. The van der Waals surface area contributed by atoms with Crippen LogP contribution in [0.1, 0.15) is 11.3 Å². The second-order valence-corrected chi connectivity index (χ2v) is 4.33. The highest BCUT2D eigenvalue weighted by Crippen LogP contribution is 2.22. The van der Waals surface area contributed by atoms with Crippen molar-refractivity contribution in [2.24, 2.45) is 0 Å². The second-order valence-electron chi connectivity index (χ2n) is 4.33. The van der Waals surface area contributed by atoms with Gasteiger partial charge in [-0.25, -0.2) is 4.39 Å². The molecule has 0 atom stereocenters. The zero-order valence-corrected chi connectivity index (χ0v) is 9.40. The third-order valence-electron chi connectivity index (χ3n) is 3.05. The average molecular weight is 233 g/mol. The van der Waals surface area contributed by atoms with Gasteiger partial charge in [-0.05, 0) is 19.2 Å². The monoisotopic (exact) mass is 233 g/mol. The average Bonchev–Trinajstić information content (AvgIpc) is 2.80. The molecular formula is C12H12FN3O. The van der Waals surface area contributed by atoms with E-state index in [2.05, 4.69) is 5.10 Å². The van der Waals surface area contributed by atoms with Crippen LogP contribution in [0.25, 0.3) is 5.69 Å². The summed E-state index contributed by atoms with van der Waals surface area (Å²) in [6, 6.07) is 6.43. The van der Waals surface area contributed by atoms with Crippen LogP contribution >= 0.6 is 0 Å². The number of hydrogen-bond acceptors (Lipinski definition) is 2. The highest BCUT2D eigenvalue weighted by atomic mass is 19.1. The molecule has 1 aliphatic heterocycles. The largest absolute Gasteiger partial charge is 0.296 e. The van der Waals surface area contributed by atoms with Gasteiger partial charge in [-0.15, -0.1) is 0 Å². The van der Waals surface area contributed by atoms with Gasteiger partial charge in [-0.3, -0.25) is 19.5 Å². The van der Waals surface area contributed by atoms with Crippen molar-refractivity contribution in [3.63, 3.8) is 0 Å². The lowest BCUT2D eigenvalue weighted by Gasteiger charge is -2.09. The summed E-state index contributed by atoms with van der Waals surface area (Å²) in [4.78, 5) is 13.8. The normalized spacial score (nSPS) is 15.2. The fourth-order valence-corrected chi connectivity index (χ4v) is 2.25. The SMILES string of the molecule is CN1Cc2c(n(-c3ccccc3F)[nH]c2=O)C1. The summed E-state index contributed by atoms with van der Waals surface area (Å²) < 4.78 is 15.2. The van der Waals surface area contributed by atoms with Gasteiger partial charge in [-0.1, -0.05) is 12.1 Å². The Labute approximate surface area is 97.3 Å². The van der Waals surface area contributed by atoms with Gasteiger partial charge >= 0.3 is 0 Å². The van der Waals surface area contributed by atoms with Gasteiger partial charge in [0.15, 0.2) is 0 Å². The zero-order chi connectivity index (χ0) is 12.0. The molecule has 1 aliphatic rings. The fraction of sp³-hybridized carbons (Fsp3) is 0.250. The van der Waals surface area contributed by atoms with Gasteiger partial charge in [0, 0.05) is 13.1 Å². The third kappa shape index (κ3) is 1.51. The molecule has 1 aromatic heterocycles. The van der Waals surface area contributed by atoms with Gasteiger partial charge in [-0.2, -0.15) is 0 Å². The highest BCUT2D eigenvalue weighted by Gasteiger charge is 2.25. The van der Waals surface area contributed by atoms with E-state index < -0.39 is 0 Å². The predicted octanol–water partition coefficient (Wildman–Crippen LogP) is 1.25. The maximum atomic E-state index is 13.7. The van der Waals surface area contributed by atoms with E-state index in [0.29, 0.717) is 18.8 Å². The van der Waals surface area contributed by atoms with Gasteiger partial charge in [0.25, 0.3) is 5.56 Å². The summed E-state index contributed by atoms with van der Waals surface area (Å²) in [5.74, 6) is -0.337. The van der Waals surface area contributed by atoms with Crippen LogP contribution in [-0.4, -0.2) is 21.7 Å². The molecule has 0 saturated heterocycles. The van der Waals surface area contributed by atoms with E-state index in [4.69, 9.17) is 0 Å². The minimum absolute atomic E-state index is 0.132. The Balaban J connectivity index is 2.21. The van der Waals surface area contributed by atoms with Gasteiger partial charge in [0.1, 0.15) is 5.82 Å². The third-order valence-corrected chi connectivity index (χ3v) is 3.05. The molecule has 0 saturated carbocycles. The Morgan fingerprint density at radius 3 is 2.82 bits per heavy atom. The van der Waals surface area contributed by atoms with E-state index in [1.54, 1.807) is 22.9 Å². The molecule has 0 radical (unpaired) electrons. The number of fused-ring (bicyclic) bond motifs is 1. The molecule has 0 fully saturated rings. The number of nitrogens with one attached hydrogen (secondary N) is 1. The van der Waals surface area contributed by atoms with Crippen LogP contribution in [0.3, 0.4) is 0 Å². The smallest absolute Gasteiger partial charge is 0.269 e. The number of hydrogen-bond donors (Lipinski definition) is 1. The van der Waals surface area contributed by atoms with Gasteiger partial charge in [0.05, 0.1) is 16.9 Å². The maximum absolute atomic E-state index is 13.7. The maximum Gasteiger partial charge on any atom is 0.269 e. The molecule has 1 N–H and O–H groups in total. The second kappa shape index (κ2) is 3.56. The van der Waals surface area contributed by atoms with Crippen LogP contribution in [-0.2, 0) is 13.1 Å². The topological polar surface area (TPSA) is 41.0 Å². The van der Waals surface area contributed by atoms with E-state index in [1.165, 1.54) is 6.07 Å². The lowest BCUT2D eigenvalue weighted by molar-refractivity contribution is 0.344. The summed E-state index contributed by atoms with van der Waals surface area (Å²) in [6.45, 7) is 1.27. The molecule has 0 bridgehead atoms. The van der Waals surface area contributed by atoms with Crippen molar-refractivity contribution in [2.75, 3.05) is 7.05 Å². The first-order chi connectivity index (χ1) is 8.16. The lowest BCUT2D eigenvalue weighted by atomic mass is 10.2. The summed E-state index contributed by atoms with van der Waals surface area (Å²) in [7, 11) is 1.94. The Bertz CT molecular complexity index is 629. The Hall–Kier alpha value is -1.88. The molecule has 0 spiro atoms. The van der Waals surface area contributed by atoms with E-state index in [-0.39, 0.29) is 11.4 Å². The van der Waals surface area contributed by atoms with Crippen LogP contribution in [0.5, 0.6) is 0 Å². The Kier molecular flexibility index (Phi) is 2.16. The number of H-pyrrole nitrogens is 1. The van der Waals surface area contributed by atoms with Crippen LogP contribution < -0.4 is 5.56 Å². The van der Waals surface area contributed by atoms with Crippen LogP contribution in [0.4, 0.5) is 4.39 Å². The van der Waals surface area contributed by atoms with Crippen LogP contribution in [0, 0.1) is 5.82 Å². The molecular weight excluding hydrogens is 221 g/mol. The van der Waals surface area contributed by atoms with Gasteiger partial charge in [0.2, 0.25) is 0 Å². The fourth-order valence-electron chi connectivity index (χ4n) is 2.25. The summed E-state index contributed by atoms with van der Waals surface area (Å²) >= 11 is 0. The van der Waals surface area contributed by atoms with Crippen LogP contribution in [0.15, 0.2) is 29.1 Å². The first-order valence-electron chi connectivity index (χ1n) is 5.43. The Morgan fingerprint density at radius 1 is 1.29 bits per heavy atom. The lowest BCUT2D eigenvalue weighted by Crippen LogP contribution is -2.16. The summed E-state index contributed by atoms with van der Waals surface area (Å²) in [5.41, 5.74) is 1.84. The van der Waals surface area contributed by atoms with E-state index >= 15 is 0 Å². The standard InChI is InChI=1S/C12H12FN3O/c1-15-6-8-11(7-15)16(14-12(8)17)10-5-3-2-4-9(10)13/h2-5H,6-7H2,1H3,(H,14,17). The number of benzene rings is 1. The number of aromatic nitrogens is 2. The quantitative estimate of drug-likeness (QED) is 0.805. The van der Waals surface area contributed by atoms with E-state index in [1.807, 2.05) is 11.9 Å². The van der Waals surface area contributed by atoms with E-state index in [9.17, 15) is 9.18 Å². The van der Waals surface area contributed by atoms with E-state index in [0.717, 1.165) is 11.3 Å². The minimum atomic E-state index is -0.337. The summed E-state index contributed by atoms with van der Waals surface area (Å²) in [6.07, 6.45) is 0. The van der Waals surface area contributed by atoms with Crippen molar-refractivity contribution < 1.29 is 4.39 Å². The molecule has 0 amide bonds. The van der Waals surface area contributed by atoms with Gasteiger partial charge < -0.3 is 0 Å². The first kappa shape index (κ1) is 10.3. The van der Waals surface area contributed by atoms with Crippen molar-refractivity contribution >= 4 is 0 Å². The predicted molar refractivity (Wildman–Crippen MR) is 61.5 cm³/mol. The van der Waals surface area contributed by atoms with Crippen molar-refractivity contribution in [1.29, 1.82) is 0 Å². The van der Waals surface area contributed by atoms with Crippen molar-refractivity contribution in [3.05, 3.63) is 51.7 Å². The first-order valence-corrected chi connectivity index (χ1v) is 5.43. The molecule has 4 nitrogen and oxygen atoms in total.